The fraction of sp³-hybridized carbons (Fsp3) is 0.195. The van der Waals surface area contributed by atoms with Gasteiger partial charge in [-0.15, -0.1) is 9.25 Å². The van der Waals surface area contributed by atoms with E-state index >= 15 is 0 Å². The highest BCUT2D eigenvalue weighted by atomic mass is 32.2. The molecule has 40 heteroatoms. The number of sulfonamides is 6. The normalized spacial score (nSPS) is 11.9. The Bertz CT molecular complexity index is 5590. The first-order chi connectivity index (χ1) is 55.1. The molecule has 0 heterocycles. The summed E-state index contributed by atoms with van der Waals surface area (Å²) in [5.41, 5.74) is 1.77. The highest BCUT2D eigenvalue weighted by Gasteiger charge is 2.34. The summed E-state index contributed by atoms with van der Waals surface area (Å²) in [5.74, 6) is -5.91. The molecule has 0 aliphatic heterocycles. The smallest absolute Gasteiger partial charge is 0.342 e. The number of carbonyl (C=O) groups excluding carboxylic acids is 2. The van der Waals surface area contributed by atoms with E-state index < -0.39 is 111 Å². The molecule has 626 valence electrons. The van der Waals surface area contributed by atoms with E-state index in [0.29, 0.717) is 9.98 Å². The topological polar surface area (TPSA) is 528 Å². The summed E-state index contributed by atoms with van der Waals surface area (Å²) in [6, 6.07) is 49.5. The lowest BCUT2D eigenvalue weighted by Crippen LogP contribution is -2.45. The van der Waals surface area contributed by atoms with Crippen LogP contribution in [0.5, 0.6) is 69.0 Å². The van der Waals surface area contributed by atoms with Crippen LogP contribution in [-0.2, 0) is 76.2 Å². The molecule has 0 fully saturated rings. The number of nitrogens with zero attached hydrogens (tertiary/aromatic N) is 5. The lowest BCUT2D eigenvalue weighted by Gasteiger charge is -2.25. The van der Waals surface area contributed by atoms with E-state index in [9.17, 15) is 121 Å². The predicted octanol–water partition coefficient (Wildman–Crippen LogP) is 8.42. The summed E-state index contributed by atoms with van der Waals surface area (Å²) in [6.45, 7) is 6.05. The molecule has 10 rings (SSSR count). The number of esters is 2. The van der Waals surface area contributed by atoms with Crippen molar-refractivity contribution >= 4 is 72.1 Å². The lowest BCUT2D eigenvalue weighted by molar-refractivity contribution is 0.0261. The summed E-state index contributed by atoms with van der Waals surface area (Å²) < 4.78 is 170. The molecule has 13 N–H and O–H groups in total. The molecule has 0 unspecified atom stereocenters. The number of phenols is 12. The van der Waals surface area contributed by atoms with Gasteiger partial charge in [-0.05, 0) is 162 Å². The largest absolute Gasteiger partial charge is 0.508 e. The maximum Gasteiger partial charge on any atom is 0.342 e. The highest BCUT2D eigenvalue weighted by molar-refractivity contribution is 7.92. The van der Waals surface area contributed by atoms with Gasteiger partial charge in [0.1, 0.15) is 70.3 Å². The second-order valence-electron chi connectivity index (χ2n) is 24.6. The van der Waals surface area contributed by atoms with Gasteiger partial charge >= 0.3 is 11.9 Å². The number of hydrogen-bond donors (Lipinski definition) is 13. The SMILES string of the molecule is CCN(CCN(CC)S(=O)(=O)c1ccc(O)cc1)S(=O)(=O)c1ccc(O)cc1.CCN(CCN(CC)S(=O)(=O)c1cccc(O)c1)S(=O)(=O)c1cccc(O)c1.O=C(OCCOC(=O)c1cc(O)ccc1O)c1cc(O)ccc1O.O=S(=O)(NN(Cc1ccc(-c2ccccc2)cc1)S(=O)(=O)c1ccc(O)c(O)c1)c1ccc(O)c(O)c1. The first-order valence-electron chi connectivity index (χ1n) is 34.9. The first-order valence-corrected chi connectivity index (χ1v) is 43.6. The molecule has 0 amide bonds. The third-order valence-electron chi connectivity index (χ3n) is 16.8. The fourth-order valence-electron chi connectivity index (χ4n) is 10.6. The van der Waals surface area contributed by atoms with Crippen LogP contribution in [0.25, 0.3) is 11.1 Å². The van der Waals surface area contributed by atoms with Crippen LogP contribution in [0.1, 0.15) is 54.0 Å². The van der Waals surface area contributed by atoms with E-state index in [0.717, 1.165) is 92.5 Å². The Hall–Kier alpha value is -11.8. The molecule has 117 heavy (non-hydrogen) atoms. The molecular weight excluding hydrogens is 1650 g/mol. The van der Waals surface area contributed by atoms with Crippen LogP contribution >= 0.6 is 0 Å². The number of aromatic hydroxyl groups is 12. The summed E-state index contributed by atoms with van der Waals surface area (Å²) in [4.78, 5) is 24.4. The molecule has 0 aliphatic rings. The van der Waals surface area contributed by atoms with Gasteiger partial charge in [-0.1, -0.05) is 94.4 Å². The predicted molar refractivity (Wildman–Crippen MR) is 425 cm³/mol. The van der Waals surface area contributed by atoms with Crippen molar-refractivity contribution in [3.8, 4) is 80.1 Å². The van der Waals surface area contributed by atoms with Gasteiger partial charge in [-0.3, -0.25) is 0 Å². The Morgan fingerprint density at radius 1 is 0.299 bits per heavy atom. The maximum absolute atomic E-state index is 13.4. The van der Waals surface area contributed by atoms with Gasteiger partial charge in [0.2, 0.25) is 40.1 Å². The Kier molecular flexibility index (Phi) is 32.1. The highest BCUT2D eigenvalue weighted by Crippen LogP contribution is 2.33. The molecular formula is C77H84N6O28S6. The molecule has 0 atom stereocenters. The summed E-state index contributed by atoms with van der Waals surface area (Å²) in [5, 5.41) is 114. The van der Waals surface area contributed by atoms with Gasteiger partial charge in [0.15, 0.2) is 23.0 Å². The van der Waals surface area contributed by atoms with E-state index in [-0.39, 0.29) is 142 Å². The van der Waals surface area contributed by atoms with Gasteiger partial charge in [0.05, 0.1) is 35.9 Å². The number of ether oxygens (including phenoxy) is 2. The zero-order valence-corrected chi connectivity index (χ0v) is 67.6. The van der Waals surface area contributed by atoms with Crippen molar-refractivity contribution in [1.82, 2.24) is 26.5 Å². The molecule has 10 aromatic rings. The van der Waals surface area contributed by atoms with E-state index in [1.165, 1.54) is 106 Å². The quantitative estimate of drug-likeness (QED) is 0.00637. The number of carbonyl (C=O) groups is 2. The lowest BCUT2D eigenvalue weighted by atomic mass is 10.0. The average Bonchev–Trinajstić information content (AvgIpc) is 0.782. The van der Waals surface area contributed by atoms with E-state index in [1.54, 1.807) is 52.0 Å². The van der Waals surface area contributed by atoms with Crippen LogP contribution in [0, 0.1) is 0 Å². The Balaban J connectivity index is 0.000000218. The van der Waals surface area contributed by atoms with Crippen LogP contribution in [0.3, 0.4) is 0 Å². The summed E-state index contributed by atoms with van der Waals surface area (Å²) >= 11 is 0. The van der Waals surface area contributed by atoms with Gasteiger partial charge in [-0.25, -0.2) is 60.1 Å². The monoisotopic (exact) mass is 1730 g/mol. The third-order valence-corrected chi connectivity index (χ3v) is 27.8. The third kappa shape index (κ3) is 24.6. The van der Waals surface area contributed by atoms with Crippen molar-refractivity contribution in [2.75, 3.05) is 65.6 Å². The molecule has 0 aliphatic carbocycles. The van der Waals surface area contributed by atoms with Crippen molar-refractivity contribution in [3.63, 3.8) is 0 Å². The number of nitrogens with one attached hydrogen (secondary N) is 1. The minimum atomic E-state index is -4.60. The molecule has 10 aromatic carbocycles. The number of hydrogen-bond acceptors (Lipinski definition) is 28. The second-order valence-corrected chi connectivity index (χ2v) is 35.9. The van der Waals surface area contributed by atoms with Crippen LogP contribution in [0.4, 0.5) is 0 Å². The minimum Gasteiger partial charge on any atom is -0.508 e. The average molecular weight is 1730 g/mol. The molecule has 0 radical (unpaired) electrons. The van der Waals surface area contributed by atoms with Gasteiger partial charge in [0, 0.05) is 64.5 Å². The molecule has 34 nitrogen and oxygen atoms in total. The van der Waals surface area contributed by atoms with E-state index in [1.807, 2.05) is 35.2 Å². The molecule has 0 saturated carbocycles. The van der Waals surface area contributed by atoms with Crippen LogP contribution in [0.2, 0.25) is 0 Å². The number of rotatable bonds is 31. The van der Waals surface area contributed by atoms with Gasteiger partial charge < -0.3 is 70.8 Å². The first kappa shape index (κ1) is 92.4. The standard InChI is InChI=1S/C25H22N2O8S2.2C18H24N2O6S2.C16H14O8/c28-22-12-10-20(14-24(22)30)36(32,33)26-27(37(34,35)21-11-13-23(29)25(31)15-21)16-17-6-8-19(9-7-17)18-4-2-1-3-5-18;1-3-19(27(23,24)17-9-5-15(21)6-10-17)13-14-20(4-2)28(25,26)18-11-7-16(22)8-12-18;1-3-19(27(23,24)17-9-5-7-15(21)13-17)11-12-20(4-2)28(25,26)18-10-6-8-16(22)14-18;17-9-1-3-13(19)11(7-9)15(21)23-5-6-24-16(22)12-8-10(18)2-4-14(12)20/h1-15,26,28-31H,16H2;5-12,21-22H,3-4,13-14H2,1-2H3;5-10,13-14,21-22H,3-4,11-12H2,1-2H3;1-4,7-8,17-20H,5-6H2. The summed E-state index contributed by atoms with van der Waals surface area (Å²) in [6.07, 6.45) is 0. The number of phenolic OH excluding ortho intramolecular Hbond substituents is 12. The summed E-state index contributed by atoms with van der Waals surface area (Å²) in [7, 11) is -24.6. The number of likely N-dealkylation sites (N-methyl/N-ethyl adjacent to an activating group) is 4. The van der Waals surface area contributed by atoms with Gasteiger partial charge in [-0.2, -0.15) is 17.2 Å². The van der Waals surface area contributed by atoms with Crippen LogP contribution in [-0.4, -0.2) is 211 Å². The minimum absolute atomic E-state index is 0.0230. The Morgan fingerprint density at radius 3 is 0.983 bits per heavy atom. The van der Waals surface area contributed by atoms with Crippen molar-refractivity contribution < 1.29 is 131 Å². The zero-order valence-electron chi connectivity index (χ0n) is 62.7. The zero-order chi connectivity index (χ0) is 86.4. The molecule has 0 saturated heterocycles. The second kappa shape index (κ2) is 40.7. The molecule has 0 spiro atoms. The van der Waals surface area contributed by atoms with Gasteiger partial charge in [0.25, 0.3) is 20.0 Å². The molecule has 0 aromatic heterocycles. The van der Waals surface area contributed by atoms with E-state index in [2.05, 4.69) is 0 Å². The fourth-order valence-corrected chi connectivity index (χ4v) is 19.1. The van der Waals surface area contributed by atoms with Crippen molar-refractivity contribution in [2.45, 2.75) is 63.6 Å². The van der Waals surface area contributed by atoms with E-state index in [4.69, 9.17) is 9.47 Å². The Labute approximate surface area is 675 Å². The van der Waals surface area contributed by atoms with Crippen molar-refractivity contribution in [3.05, 3.63) is 241 Å². The molecule has 0 bridgehead atoms. The van der Waals surface area contributed by atoms with Crippen molar-refractivity contribution in [2.24, 2.45) is 0 Å². The number of benzene rings is 10. The Morgan fingerprint density at radius 2 is 0.615 bits per heavy atom. The van der Waals surface area contributed by atoms with Crippen LogP contribution in [0.15, 0.2) is 254 Å². The maximum atomic E-state index is 13.4. The number of hydrazine groups is 1. The van der Waals surface area contributed by atoms with Crippen molar-refractivity contribution in [1.29, 1.82) is 0 Å². The van der Waals surface area contributed by atoms with Crippen LogP contribution < -0.4 is 4.83 Å².